The van der Waals surface area contributed by atoms with Gasteiger partial charge in [0.1, 0.15) is 5.82 Å². The number of carbonyl (C=O) groups is 1. The number of ether oxygens (including phenoxy) is 1. The molecule has 0 atom stereocenters. The van der Waals surface area contributed by atoms with Gasteiger partial charge in [-0.25, -0.2) is 9.78 Å². The molecule has 18 heavy (non-hydrogen) atoms. The lowest BCUT2D eigenvalue weighted by Crippen LogP contribution is -2.20. The van der Waals surface area contributed by atoms with Gasteiger partial charge in [-0.1, -0.05) is 0 Å². The minimum absolute atomic E-state index is 0.726. The second-order valence-corrected chi connectivity index (χ2v) is 3.89. The summed E-state index contributed by atoms with van der Waals surface area (Å²) in [7, 11) is 3.65. The first-order valence-electron chi connectivity index (χ1n) is 5.70. The third-order valence-corrected chi connectivity index (χ3v) is 2.42. The van der Waals surface area contributed by atoms with E-state index in [2.05, 4.69) is 4.98 Å². The quantitative estimate of drug-likeness (QED) is 0.589. The smallest absolute Gasteiger partial charge is 0.328 e. The van der Waals surface area contributed by atoms with Crippen LogP contribution in [0.4, 0.5) is 5.82 Å². The maximum Gasteiger partial charge on any atom is 0.328 e. The van der Waals surface area contributed by atoms with Crippen molar-refractivity contribution in [2.45, 2.75) is 6.42 Å². The predicted octanol–water partition coefficient (Wildman–Crippen LogP) is 1.65. The Kier molecular flexibility index (Phi) is 5.87. The van der Waals surface area contributed by atoms with Crippen LogP contribution >= 0.6 is 0 Å². The van der Waals surface area contributed by atoms with Gasteiger partial charge in [-0.05, 0) is 30.2 Å². The van der Waals surface area contributed by atoms with Gasteiger partial charge >= 0.3 is 5.97 Å². The summed E-state index contributed by atoms with van der Waals surface area (Å²) >= 11 is 0. The first kappa shape index (κ1) is 14.2. The average molecular weight is 250 g/mol. The van der Waals surface area contributed by atoms with Crippen LogP contribution in [0.2, 0.25) is 0 Å². The molecule has 1 rings (SSSR count). The Morgan fingerprint density at radius 3 is 2.89 bits per heavy atom. The van der Waals surface area contributed by atoms with E-state index in [1.807, 2.05) is 24.1 Å². The summed E-state index contributed by atoms with van der Waals surface area (Å²) in [5.41, 5.74) is 0.770. The van der Waals surface area contributed by atoms with Crippen LogP contribution in [0.5, 0.6) is 0 Å². The number of anilines is 1. The Hall–Kier alpha value is -1.88. The number of methoxy groups -OCH3 is 1. The van der Waals surface area contributed by atoms with Crippen molar-refractivity contribution in [2.75, 3.05) is 32.2 Å². The molecular weight excluding hydrogens is 232 g/mol. The fourth-order valence-corrected chi connectivity index (χ4v) is 1.45. The van der Waals surface area contributed by atoms with Gasteiger partial charge in [-0.15, -0.1) is 0 Å². The molecule has 0 aromatic carbocycles. The summed E-state index contributed by atoms with van der Waals surface area (Å²) < 4.78 is 4.99. The number of aliphatic carboxylic acids is 1. The fourth-order valence-electron chi connectivity index (χ4n) is 1.45. The third-order valence-electron chi connectivity index (χ3n) is 2.42. The monoisotopic (exact) mass is 250 g/mol. The normalized spacial score (nSPS) is 10.8. The molecule has 0 aliphatic carbocycles. The molecule has 1 N–H and O–H groups in total. The van der Waals surface area contributed by atoms with Gasteiger partial charge in [0.05, 0.1) is 0 Å². The Morgan fingerprint density at radius 1 is 1.56 bits per heavy atom. The molecule has 0 saturated heterocycles. The van der Waals surface area contributed by atoms with Crippen LogP contribution in [0.25, 0.3) is 6.08 Å². The summed E-state index contributed by atoms with van der Waals surface area (Å²) in [4.78, 5) is 16.7. The zero-order valence-electron chi connectivity index (χ0n) is 10.7. The highest BCUT2D eigenvalue weighted by Gasteiger charge is 2.01. The summed E-state index contributed by atoms with van der Waals surface area (Å²) in [6.07, 6.45) is 5.21. The maximum atomic E-state index is 10.4. The molecule has 0 spiro atoms. The molecule has 1 aromatic rings. The molecule has 1 heterocycles. The van der Waals surface area contributed by atoms with E-state index in [1.165, 1.54) is 6.08 Å². The number of hydrogen-bond acceptors (Lipinski definition) is 4. The maximum absolute atomic E-state index is 10.4. The Labute approximate surface area is 107 Å². The fraction of sp³-hybridized carbons (Fsp3) is 0.385. The lowest BCUT2D eigenvalue weighted by molar-refractivity contribution is -0.131. The number of pyridine rings is 1. The van der Waals surface area contributed by atoms with Gasteiger partial charge in [-0.2, -0.15) is 0 Å². The van der Waals surface area contributed by atoms with Crippen molar-refractivity contribution in [3.63, 3.8) is 0 Å². The molecule has 1 aromatic heterocycles. The van der Waals surface area contributed by atoms with Crippen LogP contribution in [-0.4, -0.2) is 43.4 Å². The first-order valence-corrected chi connectivity index (χ1v) is 5.70. The number of rotatable bonds is 7. The first-order chi connectivity index (χ1) is 8.63. The summed E-state index contributed by atoms with van der Waals surface area (Å²) in [6.45, 7) is 1.59. The van der Waals surface area contributed by atoms with E-state index in [0.29, 0.717) is 0 Å². The van der Waals surface area contributed by atoms with Crippen molar-refractivity contribution >= 4 is 17.9 Å². The largest absolute Gasteiger partial charge is 0.478 e. The van der Waals surface area contributed by atoms with Crippen LogP contribution in [0.1, 0.15) is 12.0 Å². The molecule has 0 aliphatic heterocycles. The molecule has 0 saturated carbocycles. The van der Waals surface area contributed by atoms with Crippen molar-refractivity contribution in [3.8, 4) is 0 Å². The van der Waals surface area contributed by atoms with E-state index in [0.717, 1.165) is 37.0 Å². The highest BCUT2D eigenvalue weighted by atomic mass is 16.5. The summed E-state index contributed by atoms with van der Waals surface area (Å²) in [6, 6.07) is 3.71. The number of carboxylic acid groups (broad SMARTS) is 1. The van der Waals surface area contributed by atoms with Crippen LogP contribution in [0.15, 0.2) is 24.4 Å². The van der Waals surface area contributed by atoms with Crippen molar-refractivity contribution in [1.82, 2.24) is 4.98 Å². The van der Waals surface area contributed by atoms with Crippen molar-refractivity contribution < 1.29 is 14.6 Å². The lowest BCUT2D eigenvalue weighted by Gasteiger charge is -2.17. The van der Waals surface area contributed by atoms with Gasteiger partial charge in [0.2, 0.25) is 0 Å². The molecule has 0 unspecified atom stereocenters. The average Bonchev–Trinajstić information content (AvgIpc) is 2.37. The number of carboxylic acids is 1. The van der Waals surface area contributed by atoms with Crippen LogP contribution < -0.4 is 4.90 Å². The molecular formula is C13H18N2O3. The SMILES string of the molecule is COCCCN(C)c1ccc(/C=C/C(=O)O)cn1. The van der Waals surface area contributed by atoms with Crippen LogP contribution in [-0.2, 0) is 9.53 Å². The van der Waals surface area contributed by atoms with E-state index in [-0.39, 0.29) is 0 Å². The van der Waals surface area contributed by atoms with Crippen LogP contribution in [0, 0.1) is 0 Å². The van der Waals surface area contributed by atoms with E-state index in [9.17, 15) is 4.79 Å². The molecule has 98 valence electrons. The zero-order chi connectivity index (χ0) is 13.4. The van der Waals surface area contributed by atoms with E-state index < -0.39 is 5.97 Å². The molecule has 0 bridgehead atoms. The number of hydrogen-bond donors (Lipinski definition) is 1. The second-order valence-electron chi connectivity index (χ2n) is 3.89. The molecule has 5 heteroatoms. The van der Waals surface area contributed by atoms with Crippen molar-refractivity contribution in [3.05, 3.63) is 30.0 Å². The molecule has 0 radical (unpaired) electrons. The third kappa shape index (κ3) is 4.97. The van der Waals surface area contributed by atoms with E-state index in [4.69, 9.17) is 9.84 Å². The Bertz CT molecular complexity index is 401. The highest BCUT2D eigenvalue weighted by molar-refractivity contribution is 5.85. The van der Waals surface area contributed by atoms with Gasteiger partial charge < -0.3 is 14.7 Å². The van der Waals surface area contributed by atoms with Gasteiger partial charge in [-0.3, -0.25) is 0 Å². The zero-order valence-corrected chi connectivity index (χ0v) is 10.7. The van der Waals surface area contributed by atoms with Crippen LogP contribution in [0.3, 0.4) is 0 Å². The van der Waals surface area contributed by atoms with E-state index >= 15 is 0 Å². The summed E-state index contributed by atoms with van der Waals surface area (Å²) in [5, 5.41) is 8.51. The van der Waals surface area contributed by atoms with Gasteiger partial charge in [0.15, 0.2) is 0 Å². The van der Waals surface area contributed by atoms with E-state index in [1.54, 1.807) is 13.3 Å². The Morgan fingerprint density at radius 2 is 2.33 bits per heavy atom. The number of nitrogens with zero attached hydrogens (tertiary/aromatic N) is 2. The lowest BCUT2D eigenvalue weighted by atomic mass is 10.2. The Balaban J connectivity index is 2.56. The minimum atomic E-state index is -0.962. The van der Waals surface area contributed by atoms with Crippen molar-refractivity contribution in [2.24, 2.45) is 0 Å². The molecule has 5 nitrogen and oxygen atoms in total. The molecule has 0 amide bonds. The van der Waals surface area contributed by atoms with Crippen molar-refractivity contribution in [1.29, 1.82) is 0 Å². The predicted molar refractivity (Wildman–Crippen MR) is 70.7 cm³/mol. The minimum Gasteiger partial charge on any atom is -0.478 e. The highest BCUT2D eigenvalue weighted by Crippen LogP contribution is 2.10. The molecule has 0 aliphatic rings. The topological polar surface area (TPSA) is 62.7 Å². The second kappa shape index (κ2) is 7.45. The summed E-state index contributed by atoms with van der Waals surface area (Å²) in [5.74, 6) is -0.102. The van der Waals surface area contributed by atoms with Gasteiger partial charge in [0, 0.05) is 39.6 Å². The molecule has 0 fully saturated rings. The standard InChI is InChI=1S/C13H18N2O3/c1-15(8-3-9-18-2)12-6-4-11(10-14-12)5-7-13(16)17/h4-7,10H,3,8-9H2,1-2H3,(H,16,17)/b7-5+. The van der Waals surface area contributed by atoms with Gasteiger partial charge in [0.25, 0.3) is 0 Å². The number of aromatic nitrogens is 1.